The molecule has 1 aromatic carbocycles. The third-order valence-corrected chi connectivity index (χ3v) is 1.58. The minimum atomic E-state index is 0.523. The van der Waals surface area contributed by atoms with Gasteiger partial charge in [-0.15, -0.1) is 0 Å². The quantitative estimate of drug-likeness (QED) is 0.562. The van der Waals surface area contributed by atoms with Crippen molar-refractivity contribution in [3.05, 3.63) is 23.8 Å². The van der Waals surface area contributed by atoms with Crippen LogP contribution in [0.5, 0.6) is 5.75 Å². The van der Waals surface area contributed by atoms with Crippen LogP contribution in [0.2, 0.25) is 0 Å². The van der Waals surface area contributed by atoms with Crippen molar-refractivity contribution in [2.75, 3.05) is 12.3 Å². The molecule has 1 rings (SSSR count). The van der Waals surface area contributed by atoms with E-state index in [1.165, 1.54) is 6.08 Å². The standard InChI is InChI=1S/C10H11NO2/c1-2-13-9-4-3-8(5-6-12)10(11)7-9/h3-5,7H,2,11H2,1H3. The number of ether oxygens (including phenoxy) is 1. The number of hydrogen-bond donors (Lipinski definition) is 1. The minimum absolute atomic E-state index is 0.523. The first-order valence-electron chi connectivity index (χ1n) is 4.01. The summed E-state index contributed by atoms with van der Waals surface area (Å²) in [5.41, 5.74) is 6.84. The van der Waals surface area contributed by atoms with Crippen LogP contribution in [-0.4, -0.2) is 12.5 Å². The fraction of sp³-hybridized carbons (Fsp3) is 0.200. The zero-order chi connectivity index (χ0) is 9.68. The number of benzene rings is 1. The Morgan fingerprint density at radius 2 is 2.38 bits per heavy atom. The van der Waals surface area contributed by atoms with Crippen LogP contribution < -0.4 is 10.5 Å². The van der Waals surface area contributed by atoms with Crippen molar-refractivity contribution in [1.29, 1.82) is 0 Å². The van der Waals surface area contributed by atoms with Crippen LogP contribution in [0.3, 0.4) is 0 Å². The first-order valence-corrected chi connectivity index (χ1v) is 4.01. The Morgan fingerprint density at radius 3 is 2.92 bits per heavy atom. The van der Waals surface area contributed by atoms with Crippen LogP contribution in [0.1, 0.15) is 12.5 Å². The molecule has 0 heterocycles. The van der Waals surface area contributed by atoms with Crippen LogP contribution >= 0.6 is 0 Å². The Labute approximate surface area is 76.8 Å². The molecule has 0 amide bonds. The van der Waals surface area contributed by atoms with E-state index in [0.717, 1.165) is 0 Å². The van der Waals surface area contributed by atoms with E-state index in [4.69, 9.17) is 10.5 Å². The molecule has 0 bridgehead atoms. The number of anilines is 1. The SMILES string of the molecule is CCOc1ccc(C=C=O)c(N)c1. The van der Waals surface area contributed by atoms with E-state index in [1.54, 1.807) is 24.1 Å². The average Bonchev–Trinajstić information content (AvgIpc) is 2.10. The number of nitrogens with two attached hydrogens (primary N) is 1. The maximum Gasteiger partial charge on any atom is 0.125 e. The van der Waals surface area contributed by atoms with E-state index in [-0.39, 0.29) is 0 Å². The highest BCUT2D eigenvalue weighted by Crippen LogP contribution is 2.20. The lowest BCUT2D eigenvalue weighted by atomic mass is 10.2. The van der Waals surface area contributed by atoms with Crippen LogP contribution in [0.4, 0.5) is 5.69 Å². The maximum atomic E-state index is 10.1. The van der Waals surface area contributed by atoms with Gasteiger partial charge in [-0.1, -0.05) is 0 Å². The molecule has 0 fully saturated rings. The summed E-state index contributed by atoms with van der Waals surface area (Å²) in [4.78, 5) is 10.1. The van der Waals surface area contributed by atoms with Gasteiger partial charge in [0.2, 0.25) is 0 Å². The summed E-state index contributed by atoms with van der Waals surface area (Å²) < 4.78 is 5.23. The lowest BCUT2D eigenvalue weighted by Crippen LogP contribution is -1.94. The lowest BCUT2D eigenvalue weighted by molar-refractivity contribution is 0.340. The minimum Gasteiger partial charge on any atom is -0.494 e. The van der Waals surface area contributed by atoms with Crippen molar-refractivity contribution in [2.45, 2.75) is 6.92 Å². The molecule has 0 radical (unpaired) electrons. The van der Waals surface area contributed by atoms with Crippen LogP contribution in [-0.2, 0) is 4.79 Å². The van der Waals surface area contributed by atoms with Crippen LogP contribution in [0.15, 0.2) is 18.2 Å². The van der Waals surface area contributed by atoms with Crippen LogP contribution in [0.25, 0.3) is 6.08 Å². The van der Waals surface area contributed by atoms with Crippen molar-refractivity contribution in [1.82, 2.24) is 0 Å². The summed E-state index contributed by atoms with van der Waals surface area (Å²) in [6.45, 7) is 2.50. The summed E-state index contributed by atoms with van der Waals surface area (Å²) in [7, 11) is 0. The first-order chi connectivity index (χ1) is 6.27. The largest absolute Gasteiger partial charge is 0.494 e. The molecule has 13 heavy (non-hydrogen) atoms. The average molecular weight is 177 g/mol. The Kier molecular flexibility index (Phi) is 3.12. The van der Waals surface area contributed by atoms with E-state index < -0.39 is 0 Å². The van der Waals surface area contributed by atoms with Gasteiger partial charge in [0.25, 0.3) is 0 Å². The van der Waals surface area contributed by atoms with Crippen molar-refractivity contribution in [3.8, 4) is 5.75 Å². The Balaban J connectivity index is 2.98. The molecule has 0 atom stereocenters. The van der Waals surface area contributed by atoms with Crippen molar-refractivity contribution >= 4 is 17.7 Å². The molecule has 0 aliphatic heterocycles. The topological polar surface area (TPSA) is 52.3 Å². The summed E-state index contributed by atoms with van der Waals surface area (Å²) in [6, 6.07) is 5.18. The summed E-state index contributed by atoms with van der Waals surface area (Å²) in [6.07, 6.45) is 1.30. The zero-order valence-electron chi connectivity index (χ0n) is 7.41. The highest BCUT2D eigenvalue weighted by molar-refractivity contribution is 5.80. The second kappa shape index (κ2) is 4.33. The molecule has 68 valence electrons. The van der Waals surface area contributed by atoms with Gasteiger partial charge < -0.3 is 10.5 Å². The molecular formula is C10H11NO2. The van der Waals surface area contributed by atoms with Gasteiger partial charge >= 0.3 is 0 Å². The van der Waals surface area contributed by atoms with E-state index in [2.05, 4.69) is 0 Å². The van der Waals surface area contributed by atoms with Gasteiger partial charge in [-0.05, 0) is 19.1 Å². The molecule has 0 saturated heterocycles. The number of hydrogen-bond acceptors (Lipinski definition) is 3. The monoisotopic (exact) mass is 177 g/mol. The molecular weight excluding hydrogens is 166 g/mol. The normalized spacial score (nSPS) is 9.00. The van der Waals surface area contributed by atoms with Gasteiger partial charge in [0.05, 0.1) is 6.61 Å². The molecule has 0 unspecified atom stereocenters. The molecule has 1 aromatic rings. The molecule has 0 spiro atoms. The predicted molar refractivity (Wildman–Crippen MR) is 52.2 cm³/mol. The fourth-order valence-electron chi connectivity index (χ4n) is 1.00. The van der Waals surface area contributed by atoms with E-state index in [1.807, 2.05) is 6.92 Å². The molecule has 0 aliphatic rings. The second-order valence-corrected chi connectivity index (χ2v) is 2.49. The fourth-order valence-corrected chi connectivity index (χ4v) is 1.00. The predicted octanol–water partition coefficient (Wildman–Crippen LogP) is 1.51. The highest BCUT2D eigenvalue weighted by Gasteiger charge is 1.97. The molecule has 3 nitrogen and oxygen atoms in total. The number of rotatable bonds is 3. The first kappa shape index (κ1) is 9.36. The zero-order valence-corrected chi connectivity index (χ0v) is 7.41. The lowest BCUT2D eigenvalue weighted by Gasteiger charge is -2.04. The van der Waals surface area contributed by atoms with Crippen molar-refractivity contribution < 1.29 is 9.53 Å². The smallest absolute Gasteiger partial charge is 0.125 e. The van der Waals surface area contributed by atoms with Gasteiger partial charge in [0.15, 0.2) is 0 Å². The van der Waals surface area contributed by atoms with Gasteiger partial charge in [-0.3, -0.25) is 0 Å². The van der Waals surface area contributed by atoms with Crippen LogP contribution in [0, 0.1) is 0 Å². The number of nitrogen functional groups attached to an aromatic ring is 1. The van der Waals surface area contributed by atoms with Gasteiger partial charge in [0.1, 0.15) is 11.7 Å². The second-order valence-electron chi connectivity index (χ2n) is 2.49. The molecule has 2 N–H and O–H groups in total. The van der Waals surface area contributed by atoms with Gasteiger partial charge in [-0.2, -0.15) is 0 Å². The summed E-state index contributed by atoms with van der Waals surface area (Å²) in [5, 5.41) is 0. The Morgan fingerprint density at radius 1 is 1.62 bits per heavy atom. The summed E-state index contributed by atoms with van der Waals surface area (Å²) >= 11 is 0. The third-order valence-electron chi connectivity index (χ3n) is 1.58. The maximum absolute atomic E-state index is 10.1. The Hall–Kier alpha value is -1.73. The van der Waals surface area contributed by atoms with Crippen molar-refractivity contribution in [3.63, 3.8) is 0 Å². The molecule has 3 heteroatoms. The molecule has 0 aromatic heterocycles. The molecule has 0 saturated carbocycles. The van der Waals surface area contributed by atoms with E-state index in [9.17, 15) is 4.79 Å². The van der Waals surface area contributed by atoms with E-state index >= 15 is 0 Å². The molecule has 0 aliphatic carbocycles. The third kappa shape index (κ3) is 2.36. The van der Waals surface area contributed by atoms with Gasteiger partial charge in [-0.25, -0.2) is 4.79 Å². The van der Waals surface area contributed by atoms with Crippen molar-refractivity contribution in [2.24, 2.45) is 0 Å². The van der Waals surface area contributed by atoms with E-state index in [0.29, 0.717) is 23.6 Å². The van der Waals surface area contributed by atoms with Gasteiger partial charge in [0, 0.05) is 23.4 Å². The number of carbonyl (C=O) groups excluding carboxylic acids is 1. The highest BCUT2D eigenvalue weighted by atomic mass is 16.5. The summed E-state index contributed by atoms with van der Waals surface area (Å²) in [5.74, 6) is 2.39. The Bertz CT molecular complexity index is 341.